The highest BCUT2D eigenvalue weighted by Crippen LogP contribution is 2.26. The second-order valence-corrected chi connectivity index (χ2v) is 4.93. The molecule has 0 bridgehead atoms. The zero-order chi connectivity index (χ0) is 13.5. The van der Waals surface area contributed by atoms with Gasteiger partial charge in [0.2, 0.25) is 5.91 Å². The predicted molar refractivity (Wildman–Crippen MR) is 78.0 cm³/mol. The number of rotatable bonds is 6. The van der Waals surface area contributed by atoms with Gasteiger partial charge in [-0.15, -0.1) is 0 Å². The summed E-state index contributed by atoms with van der Waals surface area (Å²) in [6.45, 7) is 4.69. The number of carbonyl (C=O) groups excluding carboxylic acids is 1. The lowest BCUT2D eigenvalue weighted by molar-refractivity contribution is -0.118. The van der Waals surface area contributed by atoms with Crippen molar-refractivity contribution >= 4 is 33.2 Å². The van der Waals surface area contributed by atoms with Crippen molar-refractivity contribution in [1.82, 2.24) is 0 Å². The van der Waals surface area contributed by atoms with Gasteiger partial charge in [0.05, 0.1) is 23.9 Å². The van der Waals surface area contributed by atoms with Gasteiger partial charge in [-0.3, -0.25) is 4.79 Å². The molecular formula is C13H19BrN2O2. The van der Waals surface area contributed by atoms with E-state index in [1.54, 1.807) is 7.11 Å². The molecule has 0 aliphatic rings. The Bertz CT molecular complexity index is 410. The van der Waals surface area contributed by atoms with Crippen LogP contribution in [0.4, 0.5) is 11.4 Å². The van der Waals surface area contributed by atoms with E-state index >= 15 is 0 Å². The summed E-state index contributed by atoms with van der Waals surface area (Å²) in [6.07, 6.45) is 0.258. The highest BCUT2D eigenvalue weighted by atomic mass is 79.9. The summed E-state index contributed by atoms with van der Waals surface area (Å²) in [4.78, 5) is 11.8. The van der Waals surface area contributed by atoms with Gasteiger partial charge < -0.3 is 15.4 Å². The van der Waals surface area contributed by atoms with E-state index in [0.717, 1.165) is 22.4 Å². The van der Waals surface area contributed by atoms with Crippen molar-refractivity contribution in [3.63, 3.8) is 0 Å². The molecule has 18 heavy (non-hydrogen) atoms. The summed E-state index contributed by atoms with van der Waals surface area (Å²) in [5.41, 5.74) is 1.69. The maximum absolute atomic E-state index is 11.8. The van der Waals surface area contributed by atoms with E-state index in [-0.39, 0.29) is 12.0 Å². The number of hydrogen-bond acceptors (Lipinski definition) is 3. The number of hydrogen-bond donors (Lipinski definition) is 2. The van der Waals surface area contributed by atoms with Crippen molar-refractivity contribution < 1.29 is 9.53 Å². The molecule has 0 aliphatic carbocycles. The van der Waals surface area contributed by atoms with Crippen molar-refractivity contribution in [1.29, 1.82) is 0 Å². The second kappa shape index (κ2) is 7.38. The normalized spacial score (nSPS) is 12.0. The largest absolute Gasteiger partial charge is 0.384 e. The van der Waals surface area contributed by atoms with Crippen LogP contribution in [0.25, 0.3) is 0 Å². The van der Waals surface area contributed by atoms with Crippen molar-refractivity contribution in [2.24, 2.45) is 0 Å². The summed E-state index contributed by atoms with van der Waals surface area (Å²) < 4.78 is 6.00. The third-order valence-electron chi connectivity index (χ3n) is 2.50. The summed E-state index contributed by atoms with van der Waals surface area (Å²) in [5, 5.41) is 6.10. The molecule has 5 heteroatoms. The molecule has 1 amide bonds. The van der Waals surface area contributed by atoms with E-state index in [4.69, 9.17) is 4.74 Å². The molecule has 0 spiro atoms. The van der Waals surface area contributed by atoms with Gasteiger partial charge in [-0.2, -0.15) is 0 Å². The van der Waals surface area contributed by atoms with Crippen molar-refractivity contribution in [3.8, 4) is 0 Å². The van der Waals surface area contributed by atoms with E-state index < -0.39 is 0 Å². The van der Waals surface area contributed by atoms with Crippen LogP contribution in [-0.2, 0) is 9.53 Å². The Morgan fingerprint density at radius 2 is 2.17 bits per heavy atom. The fraction of sp³-hybridized carbons (Fsp3) is 0.462. The Morgan fingerprint density at radius 3 is 2.78 bits per heavy atom. The minimum absolute atomic E-state index is 0.0541. The number of carbonyl (C=O) groups is 1. The molecule has 1 rings (SSSR count). The standard InChI is InChI=1S/C13H19BrN2O2/c1-4-15-11-6-5-10(14)8-12(11)16-13(17)7-9(2)18-3/h5-6,8-9,15H,4,7H2,1-3H3,(H,16,17)/t9-/m1/s1. The van der Waals surface area contributed by atoms with Crippen LogP contribution in [0, 0.1) is 0 Å². The quantitative estimate of drug-likeness (QED) is 0.847. The monoisotopic (exact) mass is 314 g/mol. The number of ether oxygens (including phenoxy) is 1. The Kier molecular flexibility index (Phi) is 6.15. The predicted octanol–water partition coefficient (Wildman–Crippen LogP) is 3.24. The summed E-state index contributed by atoms with van der Waals surface area (Å²) >= 11 is 3.40. The van der Waals surface area contributed by atoms with Crippen LogP contribution in [0.5, 0.6) is 0 Å². The maximum Gasteiger partial charge on any atom is 0.227 e. The van der Waals surface area contributed by atoms with Crippen LogP contribution in [0.2, 0.25) is 0 Å². The van der Waals surface area contributed by atoms with Crippen LogP contribution >= 0.6 is 15.9 Å². The van der Waals surface area contributed by atoms with E-state index in [1.165, 1.54) is 0 Å². The molecule has 1 aromatic rings. The van der Waals surface area contributed by atoms with Crippen molar-refractivity contribution in [2.45, 2.75) is 26.4 Å². The zero-order valence-electron chi connectivity index (χ0n) is 10.9. The van der Waals surface area contributed by atoms with Crippen LogP contribution in [0.1, 0.15) is 20.3 Å². The smallest absolute Gasteiger partial charge is 0.227 e. The number of benzene rings is 1. The average Bonchev–Trinajstić information content (AvgIpc) is 2.32. The second-order valence-electron chi connectivity index (χ2n) is 4.02. The molecule has 0 saturated heterocycles. The number of amides is 1. The molecule has 0 fully saturated rings. The minimum atomic E-state index is -0.0836. The Labute approximate surface area is 116 Å². The molecule has 4 nitrogen and oxygen atoms in total. The number of nitrogens with one attached hydrogen (secondary N) is 2. The molecule has 2 N–H and O–H groups in total. The molecule has 0 saturated carbocycles. The summed E-state index contributed by atoms with van der Waals surface area (Å²) in [5.74, 6) is -0.0541. The van der Waals surface area contributed by atoms with E-state index in [1.807, 2.05) is 32.0 Å². The van der Waals surface area contributed by atoms with Crippen LogP contribution < -0.4 is 10.6 Å². The summed E-state index contributed by atoms with van der Waals surface area (Å²) in [7, 11) is 1.60. The maximum atomic E-state index is 11.8. The van der Waals surface area contributed by atoms with Crippen molar-refractivity contribution in [3.05, 3.63) is 22.7 Å². The van der Waals surface area contributed by atoms with E-state index in [0.29, 0.717) is 6.42 Å². The fourth-order valence-corrected chi connectivity index (χ4v) is 1.87. The lowest BCUT2D eigenvalue weighted by atomic mass is 10.2. The highest BCUT2D eigenvalue weighted by Gasteiger charge is 2.10. The minimum Gasteiger partial charge on any atom is -0.384 e. The molecule has 1 aromatic carbocycles. The van der Waals surface area contributed by atoms with Gasteiger partial charge in [0.1, 0.15) is 0 Å². The van der Waals surface area contributed by atoms with Crippen LogP contribution in [0.3, 0.4) is 0 Å². The average molecular weight is 315 g/mol. The third-order valence-corrected chi connectivity index (χ3v) is 2.99. The van der Waals surface area contributed by atoms with Gasteiger partial charge in [-0.05, 0) is 32.0 Å². The Balaban J connectivity index is 2.75. The first-order chi connectivity index (χ1) is 8.56. The van der Waals surface area contributed by atoms with Gasteiger partial charge >= 0.3 is 0 Å². The molecule has 0 radical (unpaired) electrons. The lowest BCUT2D eigenvalue weighted by Crippen LogP contribution is -2.19. The number of methoxy groups -OCH3 is 1. The van der Waals surface area contributed by atoms with Gasteiger partial charge in [0.15, 0.2) is 0 Å². The molecule has 0 unspecified atom stereocenters. The van der Waals surface area contributed by atoms with Gasteiger partial charge in [0.25, 0.3) is 0 Å². The molecule has 0 heterocycles. The fourth-order valence-electron chi connectivity index (χ4n) is 1.51. The first-order valence-corrected chi connectivity index (χ1v) is 6.72. The Hall–Kier alpha value is -1.07. The third kappa shape index (κ3) is 4.66. The van der Waals surface area contributed by atoms with Crippen molar-refractivity contribution in [2.75, 3.05) is 24.3 Å². The first kappa shape index (κ1) is 15.0. The number of halogens is 1. The topological polar surface area (TPSA) is 50.4 Å². The van der Waals surface area contributed by atoms with Gasteiger partial charge in [-0.1, -0.05) is 15.9 Å². The molecule has 0 aliphatic heterocycles. The Morgan fingerprint density at radius 1 is 1.44 bits per heavy atom. The van der Waals surface area contributed by atoms with Gasteiger partial charge in [0, 0.05) is 18.1 Å². The van der Waals surface area contributed by atoms with E-state index in [2.05, 4.69) is 26.6 Å². The molecule has 100 valence electrons. The highest BCUT2D eigenvalue weighted by molar-refractivity contribution is 9.10. The summed E-state index contributed by atoms with van der Waals surface area (Å²) in [6, 6.07) is 5.75. The first-order valence-electron chi connectivity index (χ1n) is 5.92. The number of anilines is 2. The molecule has 1 atom stereocenters. The SMILES string of the molecule is CCNc1ccc(Br)cc1NC(=O)C[C@@H](C)OC. The lowest BCUT2D eigenvalue weighted by Gasteiger charge is -2.14. The van der Waals surface area contributed by atoms with Crippen LogP contribution in [-0.4, -0.2) is 25.7 Å². The van der Waals surface area contributed by atoms with Gasteiger partial charge in [-0.25, -0.2) is 0 Å². The molecular weight excluding hydrogens is 296 g/mol. The van der Waals surface area contributed by atoms with E-state index in [9.17, 15) is 4.79 Å². The zero-order valence-corrected chi connectivity index (χ0v) is 12.5. The van der Waals surface area contributed by atoms with Crippen LogP contribution in [0.15, 0.2) is 22.7 Å². The molecule has 0 aromatic heterocycles.